The van der Waals surface area contributed by atoms with Gasteiger partial charge >= 0.3 is 0 Å². The lowest BCUT2D eigenvalue weighted by Crippen LogP contribution is -2.40. The molecular weight excluding hydrogens is 324 g/mol. The SMILES string of the molecule is CCc1ccsc1C(=O)NCCCN1C(=O)COc2ccccc21. The molecule has 2 aromatic rings. The highest BCUT2D eigenvalue weighted by Crippen LogP contribution is 2.31. The van der Waals surface area contributed by atoms with Crippen LogP contribution < -0.4 is 15.0 Å². The second kappa shape index (κ2) is 7.49. The number of carbonyl (C=O) groups excluding carboxylic acids is 2. The van der Waals surface area contributed by atoms with Gasteiger partial charge in [0.2, 0.25) is 0 Å². The zero-order valence-corrected chi connectivity index (χ0v) is 14.4. The van der Waals surface area contributed by atoms with Gasteiger partial charge in [-0.1, -0.05) is 19.1 Å². The molecule has 126 valence electrons. The first-order chi connectivity index (χ1) is 11.7. The summed E-state index contributed by atoms with van der Waals surface area (Å²) in [4.78, 5) is 26.8. The number of nitrogens with one attached hydrogen (secondary N) is 1. The molecule has 1 N–H and O–H groups in total. The number of nitrogens with zero attached hydrogens (tertiary/aromatic N) is 1. The van der Waals surface area contributed by atoms with E-state index >= 15 is 0 Å². The highest BCUT2D eigenvalue weighted by atomic mass is 32.1. The quantitative estimate of drug-likeness (QED) is 0.820. The summed E-state index contributed by atoms with van der Waals surface area (Å²) in [5.41, 5.74) is 1.88. The van der Waals surface area contributed by atoms with E-state index in [-0.39, 0.29) is 18.4 Å². The molecule has 24 heavy (non-hydrogen) atoms. The fraction of sp³-hybridized carbons (Fsp3) is 0.333. The van der Waals surface area contributed by atoms with E-state index < -0.39 is 0 Å². The Bertz CT molecular complexity index is 741. The summed E-state index contributed by atoms with van der Waals surface area (Å²) in [7, 11) is 0. The molecule has 0 bridgehead atoms. The molecule has 1 aromatic carbocycles. The van der Waals surface area contributed by atoms with Crippen LogP contribution in [-0.2, 0) is 11.2 Å². The number of hydrogen-bond donors (Lipinski definition) is 1. The van der Waals surface area contributed by atoms with E-state index in [1.54, 1.807) is 4.90 Å². The first-order valence-electron chi connectivity index (χ1n) is 8.07. The summed E-state index contributed by atoms with van der Waals surface area (Å²) in [5.74, 6) is 0.648. The molecular formula is C18H20N2O3S. The maximum Gasteiger partial charge on any atom is 0.265 e. The molecule has 0 radical (unpaired) electrons. The first kappa shape index (κ1) is 16.5. The van der Waals surface area contributed by atoms with Gasteiger partial charge in [-0.3, -0.25) is 9.59 Å². The minimum atomic E-state index is -0.0495. The summed E-state index contributed by atoms with van der Waals surface area (Å²) < 4.78 is 5.43. The van der Waals surface area contributed by atoms with Crippen LogP contribution in [0.25, 0.3) is 0 Å². The van der Waals surface area contributed by atoms with E-state index in [9.17, 15) is 9.59 Å². The second-order valence-electron chi connectivity index (χ2n) is 5.54. The Morgan fingerprint density at radius 3 is 3.00 bits per heavy atom. The lowest BCUT2D eigenvalue weighted by Gasteiger charge is -2.29. The van der Waals surface area contributed by atoms with Crippen molar-refractivity contribution in [2.75, 3.05) is 24.6 Å². The Labute approximate surface area is 145 Å². The molecule has 2 heterocycles. The molecule has 1 aromatic heterocycles. The third-order valence-electron chi connectivity index (χ3n) is 3.99. The van der Waals surface area contributed by atoms with Gasteiger partial charge in [0, 0.05) is 13.1 Å². The van der Waals surface area contributed by atoms with Gasteiger partial charge in [-0.2, -0.15) is 0 Å². The molecule has 3 rings (SSSR count). The Balaban J connectivity index is 1.54. The topological polar surface area (TPSA) is 58.6 Å². The van der Waals surface area contributed by atoms with Crippen molar-refractivity contribution in [3.63, 3.8) is 0 Å². The molecule has 5 nitrogen and oxygen atoms in total. The summed E-state index contributed by atoms with van der Waals surface area (Å²) in [6.07, 6.45) is 1.55. The predicted molar refractivity (Wildman–Crippen MR) is 94.9 cm³/mol. The van der Waals surface area contributed by atoms with Crippen molar-refractivity contribution < 1.29 is 14.3 Å². The summed E-state index contributed by atoms with van der Waals surface area (Å²) >= 11 is 1.47. The van der Waals surface area contributed by atoms with Gasteiger partial charge < -0.3 is 15.0 Å². The molecule has 0 aliphatic carbocycles. The number of amides is 2. The van der Waals surface area contributed by atoms with Crippen LogP contribution in [-0.4, -0.2) is 31.5 Å². The molecule has 0 fully saturated rings. The van der Waals surface area contributed by atoms with Crippen molar-refractivity contribution in [2.24, 2.45) is 0 Å². The number of anilines is 1. The largest absolute Gasteiger partial charge is 0.482 e. The van der Waals surface area contributed by atoms with Gasteiger partial charge in [0.05, 0.1) is 10.6 Å². The zero-order chi connectivity index (χ0) is 16.9. The smallest absolute Gasteiger partial charge is 0.265 e. The Kier molecular flexibility index (Phi) is 5.15. The molecule has 0 spiro atoms. The van der Waals surface area contributed by atoms with Crippen LogP contribution in [0, 0.1) is 0 Å². The van der Waals surface area contributed by atoms with Crippen molar-refractivity contribution >= 4 is 28.8 Å². The molecule has 1 aliphatic rings. The van der Waals surface area contributed by atoms with Gasteiger partial charge in [-0.15, -0.1) is 11.3 Å². The number of ether oxygens (including phenoxy) is 1. The van der Waals surface area contributed by atoms with Gasteiger partial charge in [-0.05, 0) is 42.0 Å². The number of hydrogen-bond acceptors (Lipinski definition) is 4. The third kappa shape index (κ3) is 3.43. The van der Waals surface area contributed by atoms with Crippen LogP contribution in [0.2, 0.25) is 0 Å². The predicted octanol–water partition coefficient (Wildman–Crippen LogP) is 2.86. The monoisotopic (exact) mass is 344 g/mol. The Morgan fingerprint density at radius 1 is 1.33 bits per heavy atom. The van der Waals surface area contributed by atoms with Crippen LogP contribution in [0.5, 0.6) is 5.75 Å². The summed E-state index contributed by atoms with van der Waals surface area (Å²) in [6.45, 7) is 3.20. The fourth-order valence-corrected chi connectivity index (χ4v) is 3.64. The summed E-state index contributed by atoms with van der Waals surface area (Å²) in [6, 6.07) is 9.50. The van der Waals surface area contributed by atoms with Crippen molar-refractivity contribution in [1.82, 2.24) is 5.32 Å². The van der Waals surface area contributed by atoms with Crippen LogP contribution in [0.1, 0.15) is 28.6 Å². The van der Waals surface area contributed by atoms with Gasteiger partial charge in [0.15, 0.2) is 6.61 Å². The number of thiophene rings is 1. The third-order valence-corrected chi connectivity index (χ3v) is 4.94. The van der Waals surface area contributed by atoms with Gasteiger partial charge in [0.25, 0.3) is 11.8 Å². The van der Waals surface area contributed by atoms with Gasteiger partial charge in [-0.25, -0.2) is 0 Å². The first-order valence-corrected chi connectivity index (χ1v) is 8.95. The minimum absolute atomic E-state index is 0.0319. The number of aryl methyl sites for hydroxylation is 1. The average molecular weight is 344 g/mol. The number of fused-ring (bicyclic) bond motifs is 1. The van der Waals surface area contributed by atoms with Crippen molar-refractivity contribution in [3.8, 4) is 5.75 Å². The highest BCUT2D eigenvalue weighted by Gasteiger charge is 2.24. The Morgan fingerprint density at radius 2 is 2.17 bits per heavy atom. The van der Waals surface area contributed by atoms with E-state index in [4.69, 9.17) is 4.74 Å². The number of rotatable bonds is 6. The van der Waals surface area contributed by atoms with Crippen LogP contribution in [0.3, 0.4) is 0 Å². The van der Waals surface area contributed by atoms with Crippen LogP contribution in [0.4, 0.5) is 5.69 Å². The molecule has 1 aliphatic heterocycles. The maximum absolute atomic E-state index is 12.2. The van der Waals surface area contributed by atoms with Crippen molar-refractivity contribution in [3.05, 3.63) is 46.2 Å². The molecule has 0 unspecified atom stereocenters. The summed E-state index contributed by atoms with van der Waals surface area (Å²) in [5, 5.41) is 4.88. The molecule has 6 heteroatoms. The van der Waals surface area contributed by atoms with E-state index in [2.05, 4.69) is 5.32 Å². The molecule has 0 saturated carbocycles. The molecule has 0 atom stereocenters. The highest BCUT2D eigenvalue weighted by molar-refractivity contribution is 7.12. The second-order valence-corrected chi connectivity index (χ2v) is 6.46. The van der Waals surface area contributed by atoms with Gasteiger partial charge in [0.1, 0.15) is 5.75 Å². The lowest BCUT2D eigenvalue weighted by atomic mass is 10.2. The average Bonchev–Trinajstić information content (AvgIpc) is 3.09. The fourth-order valence-electron chi connectivity index (χ4n) is 2.73. The standard InChI is InChI=1S/C18H20N2O3S/c1-2-13-8-11-24-17(13)18(22)19-9-5-10-20-14-6-3-4-7-15(14)23-12-16(20)21/h3-4,6-8,11H,2,5,9-10,12H2,1H3,(H,19,22). The number of benzene rings is 1. The van der Waals surface area contributed by atoms with Crippen molar-refractivity contribution in [2.45, 2.75) is 19.8 Å². The minimum Gasteiger partial charge on any atom is -0.482 e. The molecule has 0 saturated heterocycles. The number of carbonyl (C=O) groups is 2. The number of para-hydroxylation sites is 2. The lowest BCUT2D eigenvalue weighted by molar-refractivity contribution is -0.121. The van der Waals surface area contributed by atoms with E-state index in [1.165, 1.54) is 11.3 Å². The van der Waals surface area contributed by atoms with E-state index in [0.29, 0.717) is 19.5 Å². The molecule has 2 amide bonds. The van der Waals surface area contributed by atoms with E-state index in [1.807, 2.05) is 42.6 Å². The van der Waals surface area contributed by atoms with Crippen LogP contribution in [0.15, 0.2) is 35.7 Å². The van der Waals surface area contributed by atoms with Crippen LogP contribution >= 0.6 is 11.3 Å². The normalized spacial score (nSPS) is 13.4. The zero-order valence-electron chi connectivity index (χ0n) is 13.6. The maximum atomic E-state index is 12.2. The van der Waals surface area contributed by atoms with Crippen molar-refractivity contribution in [1.29, 1.82) is 0 Å². The van der Waals surface area contributed by atoms with E-state index in [0.717, 1.165) is 28.3 Å². The Hall–Kier alpha value is -2.34.